The number of piperazine rings is 1. The van der Waals surface area contributed by atoms with Crippen molar-refractivity contribution in [3.05, 3.63) is 29.8 Å². The monoisotopic (exact) mass is 464 g/mol. The summed E-state index contributed by atoms with van der Waals surface area (Å²) in [5, 5.41) is 6.54. The number of hydrogen-bond donors (Lipinski definition) is 2. The number of carbonyl (C=O) groups excluding carboxylic acids is 1. The highest BCUT2D eigenvalue weighted by atomic mass is 35.5. The first kappa shape index (κ1) is 26.5. The van der Waals surface area contributed by atoms with Crippen LogP contribution in [0.2, 0.25) is 0 Å². The highest BCUT2D eigenvalue weighted by Gasteiger charge is 2.57. The van der Waals surface area contributed by atoms with Gasteiger partial charge in [-0.1, -0.05) is 19.1 Å². The average Bonchev–Trinajstić information content (AvgIpc) is 3.37. The van der Waals surface area contributed by atoms with Gasteiger partial charge in [0.05, 0.1) is 0 Å². The predicted octanol–water partition coefficient (Wildman–Crippen LogP) is 3.42. The first-order valence-corrected chi connectivity index (χ1v) is 10.2. The SMILES string of the molecule is CCN1CCN(Cc2ccc(NC(=O)C3CC34CCNCC4)cc2)CC1.Cl.Cl.Cl. The maximum absolute atomic E-state index is 12.6. The van der Waals surface area contributed by atoms with Crippen LogP contribution in [0, 0.1) is 11.3 Å². The van der Waals surface area contributed by atoms with Crippen molar-refractivity contribution in [3.63, 3.8) is 0 Å². The summed E-state index contributed by atoms with van der Waals surface area (Å²) in [6, 6.07) is 8.45. The molecule has 5 nitrogen and oxygen atoms in total. The van der Waals surface area contributed by atoms with Crippen molar-refractivity contribution < 1.29 is 4.79 Å². The van der Waals surface area contributed by atoms with E-state index in [9.17, 15) is 4.79 Å². The van der Waals surface area contributed by atoms with Crippen molar-refractivity contribution in [2.24, 2.45) is 11.3 Å². The van der Waals surface area contributed by atoms with Crippen LogP contribution in [0.4, 0.5) is 5.69 Å². The Hall–Kier alpha value is -0.560. The van der Waals surface area contributed by atoms with Crippen LogP contribution >= 0.6 is 37.2 Å². The molecule has 2 heterocycles. The molecule has 1 saturated carbocycles. The van der Waals surface area contributed by atoms with Crippen molar-refractivity contribution in [3.8, 4) is 0 Å². The molecule has 1 aromatic rings. The van der Waals surface area contributed by atoms with E-state index >= 15 is 0 Å². The van der Waals surface area contributed by atoms with E-state index in [-0.39, 0.29) is 49.0 Å². The van der Waals surface area contributed by atoms with Crippen LogP contribution in [0.3, 0.4) is 0 Å². The van der Waals surface area contributed by atoms with E-state index in [4.69, 9.17) is 0 Å². The van der Waals surface area contributed by atoms with Gasteiger partial charge in [-0.25, -0.2) is 0 Å². The summed E-state index contributed by atoms with van der Waals surface area (Å²) < 4.78 is 0. The largest absolute Gasteiger partial charge is 0.326 e. The fourth-order valence-electron chi connectivity index (χ4n) is 4.64. The molecule has 4 rings (SSSR count). The molecule has 29 heavy (non-hydrogen) atoms. The minimum atomic E-state index is 0. The molecule has 1 spiro atoms. The molecule has 1 aromatic carbocycles. The number of amides is 1. The molecule has 166 valence electrons. The summed E-state index contributed by atoms with van der Waals surface area (Å²) in [7, 11) is 0. The van der Waals surface area contributed by atoms with Crippen LogP contribution < -0.4 is 10.6 Å². The summed E-state index contributed by atoms with van der Waals surface area (Å²) in [5.74, 6) is 0.439. The molecule has 1 amide bonds. The number of benzene rings is 1. The number of anilines is 1. The molecule has 1 aliphatic carbocycles. The Labute approximate surface area is 193 Å². The Kier molecular flexibility index (Phi) is 10.7. The van der Waals surface area contributed by atoms with E-state index < -0.39 is 0 Å². The van der Waals surface area contributed by atoms with Crippen molar-refractivity contribution >= 4 is 48.8 Å². The second-order valence-electron chi connectivity index (χ2n) is 8.27. The van der Waals surface area contributed by atoms with E-state index in [0.29, 0.717) is 5.41 Å². The standard InChI is InChI=1S/C21H32N4O.3ClH/c1-2-24-11-13-25(14-12-24)16-17-3-5-18(6-4-17)23-20(26)19-15-21(19)7-9-22-10-8-21;;;/h3-6,19,22H,2,7-16H2,1H3,(H,23,26);3*1H. The molecule has 1 unspecified atom stereocenters. The number of likely N-dealkylation sites (N-methyl/N-ethyl adjacent to an activating group) is 1. The lowest BCUT2D eigenvalue weighted by Crippen LogP contribution is -2.45. The third kappa shape index (κ3) is 6.46. The van der Waals surface area contributed by atoms with Crippen molar-refractivity contribution in [1.29, 1.82) is 0 Å². The van der Waals surface area contributed by atoms with Gasteiger partial charge in [0.15, 0.2) is 0 Å². The minimum Gasteiger partial charge on any atom is -0.326 e. The number of hydrogen-bond acceptors (Lipinski definition) is 4. The summed E-state index contributed by atoms with van der Waals surface area (Å²) in [6.45, 7) is 11.1. The van der Waals surface area contributed by atoms with Gasteiger partial charge in [0.1, 0.15) is 0 Å². The van der Waals surface area contributed by atoms with Crippen molar-refractivity contribution in [1.82, 2.24) is 15.1 Å². The summed E-state index contributed by atoms with van der Waals surface area (Å²) in [6.07, 6.45) is 3.37. The third-order valence-corrected chi connectivity index (χ3v) is 6.65. The van der Waals surface area contributed by atoms with Crippen LogP contribution in [-0.4, -0.2) is 61.5 Å². The predicted molar refractivity (Wildman–Crippen MR) is 127 cm³/mol. The summed E-state index contributed by atoms with van der Waals surface area (Å²) in [5.41, 5.74) is 2.57. The van der Waals surface area contributed by atoms with E-state index in [2.05, 4.69) is 51.6 Å². The molecular formula is C21H35Cl3N4O. The lowest BCUT2D eigenvalue weighted by molar-refractivity contribution is -0.118. The first-order valence-electron chi connectivity index (χ1n) is 10.2. The molecular weight excluding hydrogens is 431 g/mol. The second-order valence-corrected chi connectivity index (χ2v) is 8.27. The van der Waals surface area contributed by atoms with E-state index in [1.165, 1.54) is 18.7 Å². The molecule has 2 aliphatic heterocycles. The van der Waals surface area contributed by atoms with E-state index in [0.717, 1.165) is 64.2 Å². The van der Waals surface area contributed by atoms with Crippen LogP contribution in [0.15, 0.2) is 24.3 Å². The zero-order valence-electron chi connectivity index (χ0n) is 17.2. The second kappa shape index (κ2) is 11.7. The zero-order chi connectivity index (χ0) is 18.0. The molecule has 3 aliphatic rings. The van der Waals surface area contributed by atoms with Gasteiger partial charge in [0, 0.05) is 44.3 Å². The highest BCUT2D eigenvalue weighted by molar-refractivity contribution is 5.95. The third-order valence-electron chi connectivity index (χ3n) is 6.65. The molecule has 0 aromatic heterocycles. The maximum atomic E-state index is 12.6. The Morgan fingerprint density at radius 1 is 1.03 bits per heavy atom. The van der Waals surface area contributed by atoms with Gasteiger partial charge >= 0.3 is 0 Å². The number of nitrogens with zero attached hydrogens (tertiary/aromatic N) is 2. The Morgan fingerprint density at radius 3 is 2.21 bits per heavy atom. The molecule has 8 heteroatoms. The smallest absolute Gasteiger partial charge is 0.228 e. The lowest BCUT2D eigenvalue weighted by atomic mass is 9.92. The molecule has 3 fully saturated rings. The van der Waals surface area contributed by atoms with Gasteiger partial charge in [-0.15, -0.1) is 37.2 Å². The van der Waals surface area contributed by atoms with Crippen LogP contribution in [0.25, 0.3) is 0 Å². The van der Waals surface area contributed by atoms with Crippen LogP contribution in [-0.2, 0) is 11.3 Å². The Bertz CT molecular complexity index is 629. The van der Waals surface area contributed by atoms with Gasteiger partial charge in [0.25, 0.3) is 0 Å². The summed E-state index contributed by atoms with van der Waals surface area (Å²) >= 11 is 0. The van der Waals surface area contributed by atoms with E-state index in [1.54, 1.807) is 0 Å². The number of halogens is 3. The number of carbonyl (C=O) groups is 1. The van der Waals surface area contributed by atoms with Gasteiger partial charge in [-0.05, 0) is 62.0 Å². The topological polar surface area (TPSA) is 47.6 Å². The molecule has 2 saturated heterocycles. The Balaban J connectivity index is 0.00000140. The number of rotatable bonds is 5. The van der Waals surface area contributed by atoms with Gasteiger partial charge in [-0.2, -0.15) is 0 Å². The Morgan fingerprint density at radius 2 is 1.62 bits per heavy atom. The van der Waals surface area contributed by atoms with Gasteiger partial charge in [-0.3, -0.25) is 9.69 Å². The number of nitrogens with one attached hydrogen (secondary N) is 2. The van der Waals surface area contributed by atoms with Gasteiger partial charge in [0.2, 0.25) is 5.91 Å². The lowest BCUT2D eigenvalue weighted by Gasteiger charge is -2.34. The quantitative estimate of drug-likeness (QED) is 0.699. The summed E-state index contributed by atoms with van der Waals surface area (Å²) in [4.78, 5) is 17.6. The first-order chi connectivity index (χ1) is 12.7. The van der Waals surface area contributed by atoms with Crippen LogP contribution in [0.5, 0.6) is 0 Å². The molecule has 0 bridgehead atoms. The molecule has 0 radical (unpaired) electrons. The molecule has 1 atom stereocenters. The maximum Gasteiger partial charge on any atom is 0.228 e. The highest BCUT2D eigenvalue weighted by Crippen LogP contribution is 2.58. The van der Waals surface area contributed by atoms with Crippen molar-refractivity contribution in [2.45, 2.75) is 32.7 Å². The zero-order valence-corrected chi connectivity index (χ0v) is 19.6. The van der Waals surface area contributed by atoms with Crippen molar-refractivity contribution in [2.75, 3.05) is 51.1 Å². The normalized spacial score (nSPS) is 23.3. The fraction of sp³-hybridized carbons (Fsp3) is 0.667. The number of piperidine rings is 1. The minimum absolute atomic E-state index is 0. The average molecular weight is 466 g/mol. The molecule has 2 N–H and O–H groups in total. The van der Waals surface area contributed by atoms with E-state index in [1.807, 2.05) is 0 Å². The van der Waals surface area contributed by atoms with Gasteiger partial charge < -0.3 is 15.5 Å². The fourth-order valence-corrected chi connectivity index (χ4v) is 4.64. The van der Waals surface area contributed by atoms with Crippen LogP contribution in [0.1, 0.15) is 31.7 Å².